The highest BCUT2D eigenvalue weighted by Crippen LogP contribution is 2.10. The molecule has 62 valence electrons. The van der Waals surface area contributed by atoms with E-state index in [-0.39, 0.29) is 0 Å². The monoisotopic (exact) mass is 180 g/mol. The van der Waals surface area contributed by atoms with Gasteiger partial charge in [0, 0.05) is 6.20 Å². The van der Waals surface area contributed by atoms with E-state index in [9.17, 15) is 0 Å². The highest BCUT2D eigenvalue weighted by Gasteiger charge is 2.00. The van der Waals surface area contributed by atoms with Gasteiger partial charge in [-0.2, -0.15) is 0 Å². The third-order valence-electron chi connectivity index (χ3n) is 1.88. The lowest BCUT2D eigenvalue weighted by Gasteiger charge is -1.97. The second-order valence-corrected chi connectivity index (χ2v) is 3.08. The molecule has 0 aromatic carbocycles. The second kappa shape index (κ2) is 2.79. The lowest BCUT2D eigenvalue weighted by Crippen LogP contribution is -1.88. The summed E-state index contributed by atoms with van der Waals surface area (Å²) >= 11 is 5.73. The van der Waals surface area contributed by atoms with E-state index in [0.717, 1.165) is 11.3 Å². The van der Waals surface area contributed by atoms with Gasteiger partial charge in [0.2, 0.25) is 0 Å². The fraction of sp³-hybridized carbons (Fsp3) is 0.222. The van der Waals surface area contributed by atoms with E-state index in [1.165, 1.54) is 5.56 Å². The van der Waals surface area contributed by atoms with Crippen molar-refractivity contribution in [2.45, 2.75) is 12.8 Å². The summed E-state index contributed by atoms with van der Waals surface area (Å²) in [6, 6.07) is 4.08. The van der Waals surface area contributed by atoms with Crippen LogP contribution in [0.5, 0.6) is 0 Å². The van der Waals surface area contributed by atoms with Crippen molar-refractivity contribution < 1.29 is 0 Å². The number of hydrogen-bond donors (Lipinski definition) is 0. The molecule has 0 atom stereocenters. The normalized spacial score (nSPS) is 10.8. The number of halogens is 1. The Balaban J connectivity index is 2.73. The van der Waals surface area contributed by atoms with Crippen molar-refractivity contribution in [3.05, 3.63) is 35.8 Å². The molecule has 2 aromatic heterocycles. The third kappa shape index (κ3) is 1.08. The summed E-state index contributed by atoms with van der Waals surface area (Å²) in [6.45, 7) is 2.05. The number of hydrogen-bond acceptors (Lipinski definition) is 1. The summed E-state index contributed by atoms with van der Waals surface area (Å²) in [4.78, 5) is 4.23. The van der Waals surface area contributed by atoms with Crippen LogP contribution >= 0.6 is 11.6 Å². The van der Waals surface area contributed by atoms with E-state index >= 15 is 0 Å². The highest BCUT2D eigenvalue weighted by atomic mass is 35.5. The molecular formula is C9H9ClN2. The van der Waals surface area contributed by atoms with Crippen LogP contribution in [-0.4, -0.2) is 9.38 Å². The minimum atomic E-state index is 0.504. The van der Waals surface area contributed by atoms with Gasteiger partial charge in [-0.15, -0.1) is 11.6 Å². The van der Waals surface area contributed by atoms with Crippen molar-refractivity contribution in [3.63, 3.8) is 0 Å². The van der Waals surface area contributed by atoms with E-state index in [2.05, 4.69) is 11.9 Å². The lowest BCUT2D eigenvalue weighted by atomic mass is 10.3. The standard InChI is InChI=1S/C9H9ClN2/c1-7-2-3-12-8(5-10)6-11-9(12)4-7/h2-4,6H,5H2,1H3. The average molecular weight is 181 g/mol. The molecule has 0 bridgehead atoms. The zero-order valence-electron chi connectivity index (χ0n) is 6.79. The maximum absolute atomic E-state index is 5.73. The first-order valence-corrected chi connectivity index (χ1v) is 4.33. The van der Waals surface area contributed by atoms with Crippen LogP contribution in [0, 0.1) is 6.92 Å². The molecule has 0 fully saturated rings. The molecule has 0 N–H and O–H groups in total. The summed E-state index contributed by atoms with van der Waals surface area (Å²) in [6.07, 6.45) is 3.80. The molecule has 12 heavy (non-hydrogen) atoms. The van der Waals surface area contributed by atoms with Crippen LogP contribution in [0.2, 0.25) is 0 Å². The topological polar surface area (TPSA) is 17.3 Å². The van der Waals surface area contributed by atoms with Gasteiger partial charge in [0.25, 0.3) is 0 Å². The van der Waals surface area contributed by atoms with Crippen molar-refractivity contribution in [1.29, 1.82) is 0 Å². The molecule has 2 aromatic rings. The first kappa shape index (κ1) is 7.62. The number of aryl methyl sites for hydroxylation is 1. The van der Waals surface area contributed by atoms with Crippen LogP contribution in [0.4, 0.5) is 0 Å². The maximum atomic E-state index is 5.73. The number of nitrogens with zero attached hydrogens (tertiary/aromatic N) is 2. The van der Waals surface area contributed by atoms with Crippen molar-refractivity contribution in [2.75, 3.05) is 0 Å². The number of rotatable bonds is 1. The Morgan fingerprint density at radius 2 is 2.42 bits per heavy atom. The molecule has 0 saturated carbocycles. The maximum Gasteiger partial charge on any atom is 0.137 e. The second-order valence-electron chi connectivity index (χ2n) is 2.82. The van der Waals surface area contributed by atoms with Crippen molar-refractivity contribution >= 4 is 17.2 Å². The predicted molar refractivity (Wildman–Crippen MR) is 49.5 cm³/mol. The number of pyridine rings is 1. The van der Waals surface area contributed by atoms with Crippen LogP contribution in [0.3, 0.4) is 0 Å². The molecule has 0 aliphatic rings. The zero-order chi connectivity index (χ0) is 8.55. The van der Waals surface area contributed by atoms with Gasteiger partial charge in [-0.05, 0) is 24.6 Å². The Hall–Kier alpha value is -1.02. The number of fused-ring (bicyclic) bond motifs is 1. The van der Waals surface area contributed by atoms with Crippen LogP contribution in [0.1, 0.15) is 11.3 Å². The first-order valence-electron chi connectivity index (χ1n) is 3.80. The molecular weight excluding hydrogens is 172 g/mol. The fourth-order valence-electron chi connectivity index (χ4n) is 1.23. The highest BCUT2D eigenvalue weighted by molar-refractivity contribution is 6.16. The van der Waals surface area contributed by atoms with Gasteiger partial charge in [0.15, 0.2) is 0 Å². The molecule has 3 heteroatoms. The van der Waals surface area contributed by atoms with Crippen molar-refractivity contribution in [2.24, 2.45) is 0 Å². The number of alkyl halides is 1. The van der Waals surface area contributed by atoms with Crippen LogP contribution in [0.15, 0.2) is 24.5 Å². The van der Waals surface area contributed by atoms with Gasteiger partial charge >= 0.3 is 0 Å². The summed E-state index contributed by atoms with van der Waals surface area (Å²) in [5, 5.41) is 0. The molecule has 0 spiro atoms. The summed E-state index contributed by atoms with van der Waals surface area (Å²) in [5.74, 6) is 0.504. The van der Waals surface area contributed by atoms with Gasteiger partial charge in [-0.3, -0.25) is 0 Å². The number of imidazole rings is 1. The molecule has 2 nitrogen and oxygen atoms in total. The summed E-state index contributed by atoms with van der Waals surface area (Å²) < 4.78 is 2.00. The van der Waals surface area contributed by atoms with E-state index in [1.54, 1.807) is 0 Å². The molecule has 2 rings (SSSR count). The molecule has 0 saturated heterocycles. The quantitative estimate of drug-likeness (QED) is 0.616. The SMILES string of the molecule is Cc1ccn2c(CCl)cnc2c1. The zero-order valence-corrected chi connectivity index (χ0v) is 7.54. The van der Waals surface area contributed by atoms with Gasteiger partial charge < -0.3 is 4.40 Å². The summed E-state index contributed by atoms with van der Waals surface area (Å²) in [5.41, 5.74) is 3.21. The fourth-order valence-corrected chi connectivity index (χ4v) is 1.43. The predicted octanol–water partition coefficient (Wildman–Crippen LogP) is 2.38. The van der Waals surface area contributed by atoms with Crippen LogP contribution in [0.25, 0.3) is 5.65 Å². The lowest BCUT2D eigenvalue weighted by molar-refractivity contribution is 1.08. The molecule has 0 unspecified atom stereocenters. The Labute approximate surface area is 75.8 Å². The molecule has 2 heterocycles. The van der Waals surface area contributed by atoms with Gasteiger partial charge in [0.1, 0.15) is 5.65 Å². The first-order chi connectivity index (χ1) is 5.81. The van der Waals surface area contributed by atoms with Crippen LogP contribution < -0.4 is 0 Å². The molecule has 0 amide bonds. The number of aromatic nitrogens is 2. The van der Waals surface area contributed by atoms with E-state index in [0.29, 0.717) is 5.88 Å². The Kier molecular flexibility index (Phi) is 1.77. The third-order valence-corrected chi connectivity index (χ3v) is 2.16. The smallest absolute Gasteiger partial charge is 0.137 e. The van der Waals surface area contributed by atoms with E-state index in [1.807, 2.05) is 28.9 Å². The Morgan fingerprint density at radius 3 is 3.17 bits per heavy atom. The van der Waals surface area contributed by atoms with Gasteiger partial charge in [-0.1, -0.05) is 0 Å². The molecule has 0 radical (unpaired) electrons. The average Bonchev–Trinajstić information content (AvgIpc) is 2.46. The van der Waals surface area contributed by atoms with Crippen molar-refractivity contribution in [3.8, 4) is 0 Å². The van der Waals surface area contributed by atoms with E-state index in [4.69, 9.17) is 11.6 Å². The summed E-state index contributed by atoms with van der Waals surface area (Å²) in [7, 11) is 0. The Morgan fingerprint density at radius 1 is 1.58 bits per heavy atom. The Bertz CT molecular complexity index is 406. The van der Waals surface area contributed by atoms with Gasteiger partial charge in [0.05, 0.1) is 17.8 Å². The van der Waals surface area contributed by atoms with Crippen molar-refractivity contribution in [1.82, 2.24) is 9.38 Å². The van der Waals surface area contributed by atoms with E-state index < -0.39 is 0 Å². The van der Waals surface area contributed by atoms with Gasteiger partial charge in [-0.25, -0.2) is 4.98 Å². The van der Waals surface area contributed by atoms with Crippen LogP contribution in [-0.2, 0) is 5.88 Å². The molecule has 0 aliphatic carbocycles. The minimum Gasteiger partial charge on any atom is -0.303 e. The minimum absolute atomic E-state index is 0.504. The molecule has 0 aliphatic heterocycles. The largest absolute Gasteiger partial charge is 0.303 e.